The Bertz CT molecular complexity index is 762. The van der Waals surface area contributed by atoms with Gasteiger partial charge in [-0.25, -0.2) is 8.42 Å². The van der Waals surface area contributed by atoms with Crippen molar-refractivity contribution in [2.75, 3.05) is 39.3 Å². The summed E-state index contributed by atoms with van der Waals surface area (Å²) in [5.41, 5.74) is 0. The molecule has 3 fully saturated rings. The highest BCUT2D eigenvalue weighted by molar-refractivity contribution is 7.89. The molecule has 3 saturated heterocycles. The molecule has 0 radical (unpaired) electrons. The van der Waals surface area contributed by atoms with E-state index in [-0.39, 0.29) is 16.7 Å². The van der Waals surface area contributed by atoms with Crippen LogP contribution in [-0.4, -0.2) is 78.7 Å². The fourth-order valence-electron chi connectivity index (χ4n) is 4.61. The van der Waals surface area contributed by atoms with Gasteiger partial charge in [-0.3, -0.25) is 14.7 Å². The third-order valence-electron chi connectivity index (χ3n) is 6.22. The number of fused-ring (bicyclic) bond motifs is 1. The lowest BCUT2D eigenvalue weighted by atomic mass is 9.94. The number of nitrogens with zero attached hydrogens (tertiary/aromatic N) is 4. The lowest BCUT2D eigenvalue weighted by Gasteiger charge is -2.45. The minimum absolute atomic E-state index is 0.0551. The SMILES string of the molecule is O=C(C1CCN(S(=O)(=O)c2cccnc2)CC1)N1CCN2CCCCC2C1. The van der Waals surface area contributed by atoms with Crippen LogP contribution in [0.3, 0.4) is 0 Å². The molecule has 4 rings (SSSR count). The first kappa shape index (κ1) is 18.8. The quantitative estimate of drug-likeness (QED) is 0.772. The monoisotopic (exact) mass is 392 g/mol. The molecule has 1 aromatic rings. The third-order valence-corrected chi connectivity index (χ3v) is 8.11. The number of hydrogen-bond acceptors (Lipinski definition) is 5. The molecular weight excluding hydrogens is 364 g/mol. The Labute approximate surface area is 161 Å². The molecule has 3 aliphatic rings. The van der Waals surface area contributed by atoms with Crippen LogP contribution in [0.5, 0.6) is 0 Å². The maximum absolute atomic E-state index is 13.0. The van der Waals surface area contributed by atoms with Crippen molar-refractivity contribution in [2.24, 2.45) is 5.92 Å². The molecule has 0 bridgehead atoms. The Morgan fingerprint density at radius 3 is 2.59 bits per heavy atom. The molecular formula is C19H28N4O3S. The van der Waals surface area contributed by atoms with Crippen LogP contribution < -0.4 is 0 Å². The number of carbonyl (C=O) groups excluding carboxylic acids is 1. The Kier molecular flexibility index (Phi) is 5.48. The molecule has 4 heterocycles. The topological polar surface area (TPSA) is 73.8 Å². The number of carbonyl (C=O) groups is 1. The summed E-state index contributed by atoms with van der Waals surface area (Å²) < 4.78 is 26.9. The highest BCUT2D eigenvalue weighted by Gasteiger charge is 2.37. The number of piperidine rings is 2. The molecule has 0 saturated carbocycles. The fourth-order valence-corrected chi connectivity index (χ4v) is 6.04. The molecule has 8 heteroatoms. The van der Waals surface area contributed by atoms with Crippen LogP contribution in [0.4, 0.5) is 0 Å². The first-order valence-corrected chi connectivity index (χ1v) is 11.4. The van der Waals surface area contributed by atoms with Gasteiger partial charge in [-0.1, -0.05) is 6.42 Å². The van der Waals surface area contributed by atoms with Gasteiger partial charge in [0, 0.05) is 57.1 Å². The molecule has 0 aliphatic carbocycles. The number of sulfonamides is 1. The lowest BCUT2D eigenvalue weighted by molar-refractivity contribution is -0.140. The first-order chi connectivity index (χ1) is 13.1. The molecule has 0 spiro atoms. The van der Waals surface area contributed by atoms with Crippen LogP contribution in [-0.2, 0) is 14.8 Å². The molecule has 27 heavy (non-hydrogen) atoms. The summed E-state index contributed by atoms with van der Waals surface area (Å²) in [4.78, 5) is 21.7. The van der Waals surface area contributed by atoms with E-state index >= 15 is 0 Å². The Hall–Kier alpha value is -1.51. The molecule has 1 amide bonds. The standard InChI is InChI=1S/C19H28N4O3S/c24-19(22-13-12-21-9-2-1-4-17(21)15-22)16-6-10-23(11-7-16)27(25,26)18-5-3-8-20-14-18/h3,5,8,14,16-17H,1-2,4,6-7,9-13,15H2. The maximum atomic E-state index is 13.0. The largest absolute Gasteiger partial charge is 0.340 e. The number of pyridine rings is 1. The van der Waals surface area contributed by atoms with E-state index in [1.54, 1.807) is 18.3 Å². The Balaban J connectivity index is 1.34. The maximum Gasteiger partial charge on any atom is 0.244 e. The van der Waals surface area contributed by atoms with E-state index in [1.807, 2.05) is 4.90 Å². The molecule has 1 unspecified atom stereocenters. The Morgan fingerprint density at radius 1 is 1.04 bits per heavy atom. The summed E-state index contributed by atoms with van der Waals surface area (Å²) in [5, 5.41) is 0. The number of piperazine rings is 1. The van der Waals surface area contributed by atoms with Crippen molar-refractivity contribution in [3.8, 4) is 0 Å². The van der Waals surface area contributed by atoms with E-state index in [0.717, 1.165) is 26.2 Å². The van der Waals surface area contributed by atoms with Crippen LogP contribution in [0.25, 0.3) is 0 Å². The van der Waals surface area contributed by atoms with Crippen molar-refractivity contribution in [1.29, 1.82) is 0 Å². The lowest BCUT2D eigenvalue weighted by Crippen LogP contribution is -2.57. The van der Waals surface area contributed by atoms with Crippen molar-refractivity contribution >= 4 is 15.9 Å². The van der Waals surface area contributed by atoms with Crippen molar-refractivity contribution in [3.05, 3.63) is 24.5 Å². The van der Waals surface area contributed by atoms with Gasteiger partial charge in [0.15, 0.2) is 0 Å². The van der Waals surface area contributed by atoms with E-state index in [2.05, 4.69) is 9.88 Å². The molecule has 1 aromatic heterocycles. The van der Waals surface area contributed by atoms with Crippen molar-refractivity contribution < 1.29 is 13.2 Å². The van der Waals surface area contributed by atoms with E-state index < -0.39 is 10.0 Å². The second kappa shape index (κ2) is 7.85. The average molecular weight is 393 g/mol. The molecule has 0 aromatic carbocycles. The molecule has 148 valence electrons. The van der Waals surface area contributed by atoms with Gasteiger partial charge in [-0.15, -0.1) is 0 Å². The second-order valence-corrected chi connectivity index (χ2v) is 9.77. The normalized spacial score (nSPS) is 25.9. The second-order valence-electron chi connectivity index (χ2n) is 7.84. The van der Waals surface area contributed by atoms with Gasteiger partial charge in [0.25, 0.3) is 0 Å². The first-order valence-electron chi connectivity index (χ1n) is 9.99. The average Bonchev–Trinajstić information content (AvgIpc) is 2.73. The zero-order chi connectivity index (χ0) is 18.9. The van der Waals surface area contributed by atoms with Crippen LogP contribution in [0, 0.1) is 5.92 Å². The minimum atomic E-state index is -3.51. The van der Waals surface area contributed by atoms with Gasteiger partial charge in [-0.2, -0.15) is 4.31 Å². The number of aromatic nitrogens is 1. The van der Waals surface area contributed by atoms with Crippen molar-refractivity contribution in [3.63, 3.8) is 0 Å². The highest BCUT2D eigenvalue weighted by Crippen LogP contribution is 2.27. The van der Waals surface area contributed by atoms with Crippen LogP contribution in [0.15, 0.2) is 29.4 Å². The number of amides is 1. The summed E-state index contributed by atoms with van der Waals surface area (Å²) in [7, 11) is -3.51. The summed E-state index contributed by atoms with van der Waals surface area (Å²) in [6, 6.07) is 3.72. The van der Waals surface area contributed by atoms with E-state index in [0.29, 0.717) is 32.0 Å². The van der Waals surface area contributed by atoms with Crippen molar-refractivity contribution in [2.45, 2.75) is 43.0 Å². The van der Waals surface area contributed by atoms with Gasteiger partial charge < -0.3 is 4.90 Å². The predicted molar refractivity (Wildman–Crippen MR) is 102 cm³/mol. The smallest absolute Gasteiger partial charge is 0.244 e. The molecule has 7 nitrogen and oxygen atoms in total. The van der Waals surface area contributed by atoms with Gasteiger partial charge in [-0.05, 0) is 44.4 Å². The van der Waals surface area contributed by atoms with E-state index in [9.17, 15) is 13.2 Å². The van der Waals surface area contributed by atoms with Crippen LogP contribution >= 0.6 is 0 Å². The van der Waals surface area contributed by atoms with Gasteiger partial charge in [0.2, 0.25) is 15.9 Å². The minimum Gasteiger partial charge on any atom is -0.340 e. The van der Waals surface area contributed by atoms with Gasteiger partial charge >= 0.3 is 0 Å². The van der Waals surface area contributed by atoms with Gasteiger partial charge in [0.1, 0.15) is 4.90 Å². The van der Waals surface area contributed by atoms with Gasteiger partial charge in [0.05, 0.1) is 0 Å². The van der Waals surface area contributed by atoms with Crippen LogP contribution in [0.2, 0.25) is 0 Å². The summed E-state index contributed by atoms with van der Waals surface area (Å²) in [6.45, 7) is 4.59. The molecule has 3 aliphatic heterocycles. The Morgan fingerprint density at radius 2 is 1.85 bits per heavy atom. The van der Waals surface area contributed by atoms with Crippen LogP contribution in [0.1, 0.15) is 32.1 Å². The van der Waals surface area contributed by atoms with Crippen molar-refractivity contribution in [1.82, 2.24) is 19.1 Å². The predicted octanol–water partition coefficient (Wildman–Crippen LogP) is 1.18. The van der Waals surface area contributed by atoms with E-state index in [4.69, 9.17) is 0 Å². The molecule has 1 atom stereocenters. The number of rotatable bonds is 3. The fraction of sp³-hybridized carbons (Fsp3) is 0.684. The zero-order valence-electron chi connectivity index (χ0n) is 15.7. The highest BCUT2D eigenvalue weighted by atomic mass is 32.2. The third kappa shape index (κ3) is 3.88. The van der Waals surface area contributed by atoms with E-state index in [1.165, 1.54) is 29.8 Å². The molecule has 0 N–H and O–H groups in total. The summed E-state index contributed by atoms with van der Waals surface area (Å²) >= 11 is 0. The summed E-state index contributed by atoms with van der Waals surface area (Å²) in [6.07, 6.45) is 7.87. The summed E-state index contributed by atoms with van der Waals surface area (Å²) in [5.74, 6) is 0.166. The number of hydrogen-bond donors (Lipinski definition) is 0. The zero-order valence-corrected chi connectivity index (χ0v) is 16.5.